The van der Waals surface area contributed by atoms with E-state index in [0.717, 1.165) is 12.1 Å². The van der Waals surface area contributed by atoms with Gasteiger partial charge in [0.2, 0.25) is 6.41 Å². The lowest BCUT2D eigenvalue weighted by atomic mass is 10.0. The van der Waals surface area contributed by atoms with E-state index in [1.165, 1.54) is 13.2 Å². The number of carbonyl (C=O) groups excluding carboxylic acids is 1. The van der Waals surface area contributed by atoms with Gasteiger partial charge in [0.05, 0.1) is 11.6 Å². The molecule has 0 aliphatic rings. The lowest BCUT2D eigenvalue weighted by Crippen LogP contribution is -2.32. The molecule has 0 aliphatic heterocycles. The third kappa shape index (κ3) is 4.07. The summed E-state index contributed by atoms with van der Waals surface area (Å²) in [7, 11) is 1.39. The van der Waals surface area contributed by atoms with Crippen molar-refractivity contribution in [1.82, 2.24) is 5.32 Å². The van der Waals surface area contributed by atoms with E-state index in [1.54, 1.807) is 6.92 Å². The fourth-order valence-electron chi connectivity index (χ4n) is 1.73. The molecule has 0 fully saturated rings. The van der Waals surface area contributed by atoms with Crippen LogP contribution in [0.2, 0.25) is 0 Å². The predicted molar refractivity (Wildman–Crippen MR) is 72.6 cm³/mol. The quantitative estimate of drug-likeness (QED) is 0.623. The van der Waals surface area contributed by atoms with Gasteiger partial charge in [-0.3, -0.25) is 4.79 Å². The smallest absolute Gasteiger partial charge is 0.375 e. The average Bonchev–Trinajstić information content (AvgIpc) is 2.31. The Morgan fingerprint density at radius 3 is 2.53 bits per heavy atom. The molecule has 0 heterocycles. The van der Waals surface area contributed by atoms with Crippen molar-refractivity contribution in [1.29, 1.82) is 0 Å². The number of hydrogen-bond donors (Lipinski definition) is 1. The molecule has 0 radical (unpaired) electrons. The van der Waals surface area contributed by atoms with Crippen molar-refractivity contribution in [3.63, 3.8) is 0 Å². The Morgan fingerprint density at radius 1 is 1.42 bits per heavy atom. The number of hydrogen-bond acceptors (Lipinski definition) is 2. The number of methoxy groups -OCH3 is 1. The monoisotopic (exact) mass is 387 g/mol. The van der Waals surface area contributed by atoms with Crippen LogP contribution in [-0.4, -0.2) is 19.6 Å². The molecule has 0 saturated heterocycles. The molecule has 19 heavy (non-hydrogen) atoms. The number of carbonyl (C=O) groups is 1. The highest BCUT2D eigenvalue weighted by atomic mass is 127. The molecule has 1 aromatic carbocycles. The van der Waals surface area contributed by atoms with Crippen LogP contribution < -0.4 is 5.32 Å². The van der Waals surface area contributed by atoms with E-state index >= 15 is 0 Å². The molecule has 0 aromatic heterocycles. The van der Waals surface area contributed by atoms with Crippen LogP contribution >= 0.6 is 22.6 Å². The molecule has 0 saturated carbocycles. The van der Waals surface area contributed by atoms with Crippen LogP contribution in [0.3, 0.4) is 0 Å². The highest BCUT2D eigenvalue weighted by molar-refractivity contribution is 14.1. The Hall–Kier alpha value is -0.830. The van der Waals surface area contributed by atoms with Crippen LogP contribution in [0.4, 0.5) is 13.2 Å². The van der Waals surface area contributed by atoms with Gasteiger partial charge in [0.15, 0.2) is 0 Å². The summed E-state index contributed by atoms with van der Waals surface area (Å²) >= 11 is 1.94. The number of amides is 1. The summed E-state index contributed by atoms with van der Waals surface area (Å²) < 4.78 is 44.0. The molecular weight excluding hydrogens is 374 g/mol. The number of ether oxygens (including phenoxy) is 1. The van der Waals surface area contributed by atoms with E-state index in [2.05, 4.69) is 5.32 Å². The molecule has 7 heteroatoms. The SMILES string of the molecule is COC(c1cc(C(F)(F)F)ccc1I)C(C)NC=O. The molecule has 2 atom stereocenters. The van der Waals surface area contributed by atoms with Crippen molar-refractivity contribution in [2.24, 2.45) is 0 Å². The predicted octanol–water partition coefficient (Wildman–Crippen LogP) is 3.13. The molecule has 106 valence electrons. The molecule has 1 aromatic rings. The van der Waals surface area contributed by atoms with E-state index in [4.69, 9.17) is 4.74 Å². The number of alkyl halides is 3. The summed E-state index contributed by atoms with van der Waals surface area (Å²) in [4.78, 5) is 10.4. The van der Waals surface area contributed by atoms with Gasteiger partial charge in [0.1, 0.15) is 6.10 Å². The van der Waals surface area contributed by atoms with Gasteiger partial charge in [0, 0.05) is 10.7 Å². The zero-order valence-corrected chi connectivity index (χ0v) is 12.4. The van der Waals surface area contributed by atoms with E-state index in [0.29, 0.717) is 15.5 Å². The Labute approximate surface area is 122 Å². The second-order valence-electron chi connectivity index (χ2n) is 3.96. The van der Waals surface area contributed by atoms with Crippen molar-refractivity contribution in [3.8, 4) is 0 Å². The lowest BCUT2D eigenvalue weighted by molar-refractivity contribution is -0.137. The van der Waals surface area contributed by atoms with Gasteiger partial charge in [0.25, 0.3) is 0 Å². The molecular formula is C12H13F3INO2. The van der Waals surface area contributed by atoms with Crippen molar-refractivity contribution in [2.45, 2.75) is 25.2 Å². The zero-order valence-electron chi connectivity index (χ0n) is 10.3. The number of rotatable bonds is 5. The van der Waals surface area contributed by atoms with Crippen LogP contribution in [-0.2, 0) is 15.7 Å². The second kappa shape index (κ2) is 6.56. The van der Waals surface area contributed by atoms with Gasteiger partial charge in [-0.2, -0.15) is 13.2 Å². The Kier molecular flexibility index (Phi) is 5.60. The highest BCUT2D eigenvalue weighted by Crippen LogP contribution is 2.34. The first kappa shape index (κ1) is 16.2. The summed E-state index contributed by atoms with van der Waals surface area (Å²) in [5.41, 5.74) is -0.331. The van der Waals surface area contributed by atoms with Crippen LogP contribution in [0.15, 0.2) is 18.2 Å². The Morgan fingerprint density at radius 2 is 2.05 bits per heavy atom. The average molecular weight is 387 g/mol. The number of benzene rings is 1. The van der Waals surface area contributed by atoms with Gasteiger partial charge in [-0.25, -0.2) is 0 Å². The van der Waals surface area contributed by atoms with Crippen LogP contribution in [0.5, 0.6) is 0 Å². The van der Waals surface area contributed by atoms with E-state index < -0.39 is 23.9 Å². The van der Waals surface area contributed by atoms with Gasteiger partial charge in [-0.1, -0.05) is 0 Å². The summed E-state index contributed by atoms with van der Waals surface area (Å²) in [6.07, 6.45) is -4.55. The van der Waals surface area contributed by atoms with Crippen molar-refractivity contribution >= 4 is 29.0 Å². The summed E-state index contributed by atoms with van der Waals surface area (Å²) in [5, 5.41) is 2.49. The number of halogens is 4. The van der Waals surface area contributed by atoms with Gasteiger partial charge >= 0.3 is 6.18 Å². The first-order valence-corrected chi connectivity index (χ1v) is 6.48. The third-order valence-corrected chi connectivity index (χ3v) is 3.65. The molecule has 1 rings (SSSR count). The van der Waals surface area contributed by atoms with Crippen molar-refractivity contribution < 1.29 is 22.7 Å². The molecule has 3 nitrogen and oxygen atoms in total. The minimum Gasteiger partial charge on any atom is -0.375 e. The topological polar surface area (TPSA) is 38.3 Å². The van der Waals surface area contributed by atoms with Crippen LogP contribution in [0, 0.1) is 3.57 Å². The minimum absolute atomic E-state index is 0.403. The van der Waals surface area contributed by atoms with Gasteiger partial charge in [-0.05, 0) is 53.3 Å². The van der Waals surface area contributed by atoms with E-state index in [9.17, 15) is 18.0 Å². The molecule has 0 spiro atoms. The first-order valence-electron chi connectivity index (χ1n) is 5.40. The van der Waals surface area contributed by atoms with Gasteiger partial charge < -0.3 is 10.1 Å². The Balaban J connectivity index is 3.19. The zero-order chi connectivity index (χ0) is 14.6. The summed E-state index contributed by atoms with van der Waals surface area (Å²) in [6, 6.07) is 3.03. The molecule has 1 amide bonds. The molecule has 2 unspecified atom stereocenters. The molecule has 1 N–H and O–H groups in total. The van der Waals surface area contributed by atoms with Crippen LogP contribution in [0.25, 0.3) is 0 Å². The van der Waals surface area contributed by atoms with Crippen molar-refractivity contribution in [3.05, 3.63) is 32.9 Å². The normalized spacial score (nSPS) is 14.8. The van der Waals surface area contributed by atoms with Crippen molar-refractivity contribution in [2.75, 3.05) is 7.11 Å². The maximum atomic E-state index is 12.7. The standard InChI is InChI=1S/C12H13F3INO2/c1-7(17-6-18)11(19-2)9-5-8(12(13,14)15)3-4-10(9)16/h3-7,11H,1-2H3,(H,17,18). The first-order chi connectivity index (χ1) is 8.81. The number of nitrogens with one attached hydrogen (secondary N) is 1. The summed E-state index contributed by atoms with van der Waals surface area (Å²) in [6.45, 7) is 1.67. The maximum absolute atomic E-state index is 12.7. The second-order valence-corrected chi connectivity index (χ2v) is 5.13. The van der Waals surface area contributed by atoms with E-state index in [-0.39, 0.29) is 0 Å². The highest BCUT2D eigenvalue weighted by Gasteiger charge is 2.32. The van der Waals surface area contributed by atoms with Gasteiger partial charge in [-0.15, -0.1) is 0 Å². The molecule has 0 bridgehead atoms. The maximum Gasteiger partial charge on any atom is 0.416 e. The third-order valence-electron chi connectivity index (χ3n) is 2.67. The molecule has 0 aliphatic carbocycles. The fraction of sp³-hybridized carbons (Fsp3) is 0.417. The largest absolute Gasteiger partial charge is 0.416 e. The lowest BCUT2D eigenvalue weighted by Gasteiger charge is -2.24. The van der Waals surface area contributed by atoms with Crippen LogP contribution in [0.1, 0.15) is 24.2 Å². The fourth-order valence-corrected chi connectivity index (χ4v) is 2.38. The van der Waals surface area contributed by atoms with E-state index in [1.807, 2.05) is 22.6 Å². The Bertz CT molecular complexity index is 451. The summed E-state index contributed by atoms with van der Waals surface area (Å²) in [5.74, 6) is 0. The minimum atomic E-state index is -4.40.